The third-order valence-corrected chi connectivity index (χ3v) is 2.11. The maximum Gasteiger partial charge on any atom is 0.249 e. The molecule has 1 amide bonds. The fraction of sp³-hybridized carbons (Fsp3) is 0.417. The SMILES string of the molecule is C=CCCOC(C)C(=O)NCc1ccoc1. The van der Waals surface area contributed by atoms with Gasteiger partial charge < -0.3 is 14.5 Å². The highest BCUT2D eigenvalue weighted by Crippen LogP contribution is 2.00. The molecule has 0 spiro atoms. The fourth-order valence-electron chi connectivity index (χ4n) is 1.13. The third-order valence-electron chi connectivity index (χ3n) is 2.11. The first-order valence-electron chi connectivity index (χ1n) is 5.25. The van der Waals surface area contributed by atoms with Crippen molar-refractivity contribution in [2.75, 3.05) is 6.61 Å². The van der Waals surface area contributed by atoms with Crippen molar-refractivity contribution in [2.45, 2.75) is 26.0 Å². The summed E-state index contributed by atoms with van der Waals surface area (Å²) in [6.45, 7) is 6.29. The van der Waals surface area contributed by atoms with E-state index in [0.717, 1.165) is 12.0 Å². The molecular weight excluding hydrogens is 206 g/mol. The Morgan fingerprint density at radius 3 is 3.19 bits per heavy atom. The molecule has 1 aromatic heterocycles. The molecule has 0 fully saturated rings. The largest absolute Gasteiger partial charge is 0.472 e. The third kappa shape index (κ3) is 4.31. The summed E-state index contributed by atoms with van der Waals surface area (Å²) in [5.41, 5.74) is 0.937. The molecule has 1 unspecified atom stereocenters. The van der Waals surface area contributed by atoms with Gasteiger partial charge in [0, 0.05) is 12.1 Å². The summed E-state index contributed by atoms with van der Waals surface area (Å²) in [7, 11) is 0. The highest BCUT2D eigenvalue weighted by atomic mass is 16.5. The number of hydrogen-bond acceptors (Lipinski definition) is 3. The second kappa shape index (κ2) is 6.85. The molecule has 0 aliphatic heterocycles. The lowest BCUT2D eigenvalue weighted by atomic mass is 10.3. The van der Waals surface area contributed by atoms with Gasteiger partial charge in [0.2, 0.25) is 5.91 Å². The lowest BCUT2D eigenvalue weighted by molar-refractivity contribution is -0.131. The lowest BCUT2D eigenvalue weighted by Gasteiger charge is -2.12. The summed E-state index contributed by atoms with van der Waals surface area (Å²) >= 11 is 0. The van der Waals surface area contributed by atoms with Crippen LogP contribution in [-0.4, -0.2) is 18.6 Å². The average molecular weight is 223 g/mol. The van der Waals surface area contributed by atoms with E-state index in [-0.39, 0.29) is 5.91 Å². The smallest absolute Gasteiger partial charge is 0.249 e. The van der Waals surface area contributed by atoms with E-state index < -0.39 is 6.10 Å². The number of hydrogen-bond donors (Lipinski definition) is 1. The van der Waals surface area contributed by atoms with Gasteiger partial charge in [0.25, 0.3) is 0 Å². The van der Waals surface area contributed by atoms with Crippen LogP contribution in [0.5, 0.6) is 0 Å². The summed E-state index contributed by atoms with van der Waals surface area (Å²) in [6.07, 6.45) is 5.25. The molecule has 0 saturated carbocycles. The van der Waals surface area contributed by atoms with Gasteiger partial charge >= 0.3 is 0 Å². The van der Waals surface area contributed by atoms with Crippen LogP contribution in [0.1, 0.15) is 18.9 Å². The van der Waals surface area contributed by atoms with Gasteiger partial charge in [-0.1, -0.05) is 6.08 Å². The van der Waals surface area contributed by atoms with Crippen molar-refractivity contribution >= 4 is 5.91 Å². The highest BCUT2D eigenvalue weighted by Gasteiger charge is 2.12. The van der Waals surface area contributed by atoms with Gasteiger partial charge in [0.1, 0.15) is 6.10 Å². The van der Waals surface area contributed by atoms with Crippen LogP contribution in [0.3, 0.4) is 0 Å². The zero-order valence-corrected chi connectivity index (χ0v) is 9.44. The predicted molar refractivity (Wildman–Crippen MR) is 60.8 cm³/mol. The van der Waals surface area contributed by atoms with Crippen molar-refractivity contribution in [3.63, 3.8) is 0 Å². The minimum absolute atomic E-state index is 0.120. The fourth-order valence-corrected chi connectivity index (χ4v) is 1.13. The van der Waals surface area contributed by atoms with E-state index in [2.05, 4.69) is 11.9 Å². The Morgan fingerprint density at radius 2 is 2.56 bits per heavy atom. The molecule has 16 heavy (non-hydrogen) atoms. The van der Waals surface area contributed by atoms with Gasteiger partial charge in [-0.05, 0) is 19.4 Å². The van der Waals surface area contributed by atoms with Crippen molar-refractivity contribution in [1.82, 2.24) is 5.32 Å². The van der Waals surface area contributed by atoms with E-state index in [1.165, 1.54) is 0 Å². The first-order valence-corrected chi connectivity index (χ1v) is 5.25. The summed E-state index contributed by atoms with van der Waals surface area (Å²) < 4.78 is 10.2. The van der Waals surface area contributed by atoms with E-state index in [0.29, 0.717) is 13.2 Å². The minimum atomic E-state index is -0.438. The molecule has 0 aromatic carbocycles. The van der Waals surface area contributed by atoms with Crippen LogP contribution in [0.15, 0.2) is 35.7 Å². The van der Waals surface area contributed by atoms with Gasteiger partial charge in [-0.2, -0.15) is 0 Å². The standard InChI is InChI=1S/C12H17NO3/c1-3-4-6-16-10(2)12(14)13-8-11-5-7-15-9-11/h3,5,7,9-10H,1,4,6,8H2,2H3,(H,13,14). The molecule has 4 heteroatoms. The van der Waals surface area contributed by atoms with Crippen LogP contribution in [0.25, 0.3) is 0 Å². The molecule has 1 heterocycles. The molecule has 0 aliphatic carbocycles. The zero-order chi connectivity index (χ0) is 11.8. The number of amides is 1. The number of carbonyl (C=O) groups is 1. The van der Waals surface area contributed by atoms with E-state index in [9.17, 15) is 4.79 Å². The molecule has 4 nitrogen and oxygen atoms in total. The summed E-state index contributed by atoms with van der Waals surface area (Å²) in [5, 5.41) is 2.76. The predicted octanol–water partition coefficient (Wildman–Crippen LogP) is 1.88. The maximum absolute atomic E-state index is 11.5. The normalized spacial score (nSPS) is 12.1. The highest BCUT2D eigenvalue weighted by molar-refractivity contribution is 5.80. The molecule has 1 atom stereocenters. The van der Waals surface area contributed by atoms with E-state index in [1.54, 1.807) is 25.5 Å². The van der Waals surface area contributed by atoms with Crippen LogP contribution in [0, 0.1) is 0 Å². The molecule has 1 aromatic rings. The van der Waals surface area contributed by atoms with Gasteiger partial charge in [0.05, 0.1) is 19.1 Å². The lowest BCUT2D eigenvalue weighted by Crippen LogP contribution is -2.34. The Kier molecular flexibility index (Phi) is 5.36. The van der Waals surface area contributed by atoms with Gasteiger partial charge in [-0.25, -0.2) is 0 Å². The van der Waals surface area contributed by atoms with Crippen LogP contribution < -0.4 is 5.32 Å². The molecule has 0 saturated heterocycles. The first-order chi connectivity index (χ1) is 7.74. The Labute approximate surface area is 95.3 Å². The van der Waals surface area contributed by atoms with Crippen molar-refractivity contribution in [2.24, 2.45) is 0 Å². The van der Waals surface area contributed by atoms with Gasteiger partial charge in [0.15, 0.2) is 0 Å². The van der Waals surface area contributed by atoms with Crippen LogP contribution in [-0.2, 0) is 16.1 Å². The minimum Gasteiger partial charge on any atom is -0.472 e. The second-order valence-corrected chi connectivity index (χ2v) is 3.44. The Balaban J connectivity index is 2.21. The summed E-state index contributed by atoms with van der Waals surface area (Å²) in [5.74, 6) is -0.120. The first kappa shape index (κ1) is 12.5. The van der Waals surface area contributed by atoms with Gasteiger partial charge in [-0.3, -0.25) is 4.79 Å². The Hall–Kier alpha value is -1.55. The Morgan fingerprint density at radius 1 is 1.75 bits per heavy atom. The zero-order valence-electron chi connectivity index (χ0n) is 9.44. The Bertz CT molecular complexity index is 319. The topological polar surface area (TPSA) is 51.5 Å². The number of rotatable bonds is 7. The van der Waals surface area contributed by atoms with Gasteiger partial charge in [-0.15, -0.1) is 6.58 Å². The van der Waals surface area contributed by atoms with E-state index in [1.807, 2.05) is 6.07 Å². The number of carbonyl (C=O) groups excluding carboxylic acids is 1. The molecule has 1 N–H and O–H groups in total. The molecular formula is C12H17NO3. The van der Waals surface area contributed by atoms with E-state index >= 15 is 0 Å². The van der Waals surface area contributed by atoms with Crippen molar-refractivity contribution in [3.8, 4) is 0 Å². The number of furan rings is 1. The molecule has 0 radical (unpaired) electrons. The molecule has 0 aliphatic rings. The molecule has 0 bridgehead atoms. The number of nitrogens with one attached hydrogen (secondary N) is 1. The van der Waals surface area contributed by atoms with Crippen molar-refractivity contribution in [3.05, 3.63) is 36.8 Å². The summed E-state index contributed by atoms with van der Waals surface area (Å²) in [6, 6.07) is 1.81. The average Bonchev–Trinajstić information content (AvgIpc) is 2.79. The summed E-state index contributed by atoms with van der Waals surface area (Å²) in [4.78, 5) is 11.5. The molecule has 1 rings (SSSR count). The molecule has 88 valence electrons. The maximum atomic E-state index is 11.5. The van der Waals surface area contributed by atoms with Crippen LogP contribution in [0.4, 0.5) is 0 Å². The van der Waals surface area contributed by atoms with Crippen LogP contribution in [0.2, 0.25) is 0 Å². The quantitative estimate of drug-likeness (QED) is 0.567. The van der Waals surface area contributed by atoms with E-state index in [4.69, 9.17) is 9.15 Å². The van der Waals surface area contributed by atoms with Crippen molar-refractivity contribution in [1.29, 1.82) is 0 Å². The monoisotopic (exact) mass is 223 g/mol. The number of ether oxygens (including phenoxy) is 1. The second-order valence-electron chi connectivity index (χ2n) is 3.44. The van der Waals surface area contributed by atoms with Crippen molar-refractivity contribution < 1.29 is 13.9 Å². The van der Waals surface area contributed by atoms with Crippen LogP contribution >= 0.6 is 0 Å².